The summed E-state index contributed by atoms with van der Waals surface area (Å²) in [4.78, 5) is 2.23. The Kier molecular flexibility index (Phi) is 7.52. The average Bonchev–Trinajstić information content (AvgIpc) is 2.85. The first-order valence-corrected chi connectivity index (χ1v) is 12.7. The fourth-order valence-electron chi connectivity index (χ4n) is 3.69. The lowest BCUT2D eigenvalue weighted by Crippen LogP contribution is -2.33. The summed E-state index contributed by atoms with van der Waals surface area (Å²) in [5, 5.41) is 0. The van der Waals surface area contributed by atoms with E-state index in [2.05, 4.69) is 59.5 Å². The van der Waals surface area contributed by atoms with Gasteiger partial charge >= 0.3 is 0 Å². The minimum atomic E-state index is -3.91. The van der Waals surface area contributed by atoms with E-state index in [0.717, 1.165) is 28.2 Å². The van der Waals surface area contributed by atoms with Crippen molar-refractivity contribution in [1.82, 2.24) is 0 Å². The van der Waals surface area contributed by atoms with Crippen LogP contribution >= 0.6 is 0 Å². The number of hydrogen-bond acceptors (Lipinski definition) is 3. The van der Waals surface area contributed by atoms with Gasteiger partial charge in [-0.05, 0) is 47.5 Å². The smallest absolute Gasteiger partial charge is 0.265 e. The number of benzene rings is 3. The zero-order chi connectivity index (χ0) is 23.8. The Balaban J connectivity index is 1.45. The zero-order valence-corrected chi connectivity index (χ0v) is 19.6. The third kappa shape index (κ3) is 6.63. The lowest BCUT2D eigenvalue weighted by Gasteiger charge is -2.25. The molecule has 4 aromatic rings. The van der Waals surface area contributed by atoms with Crippen molar-refractivity contribution in [2.75, 3.05) is 10.7 Å². The molecular weight excluding hydrogens is 444 g/mol. The molecule has 4 rings (SSSR count). The first-order valence-electron chi connectivity index (χ1n) is 11.1. The van der Waals surface area contributed by atoms with Crippen LogP contribution in [0.5, 0.6) is 0 Å². The summed E-state index contributed by atoms with van der Waals surface area (Å²) in [5.74, 6) is -0.233. The Morgan fingerprint density at radius 2 is 1.15 bits per heavy atom. The maximum Gasteiger partial charge on any atom is 0.265 e. The molecule has 0 aliphatic carbocycles. The summed E-state index contributed by atoms with van der Waals surface area (Å²) in [6, 6.07) is 33.0. The van der Waals surface area contributed by atoms with Gasteiger partial charge in [0.25, 0.3) is 10.1 Å². The molecule has 0 amide bonds. The topological polar surface area (TPSA) is 61.5 Å². The summed E-state index contributed by atoms with van der Waals surface area (Å²) in [6.07, 6.45) is 8.30. The minimum Gasteiger partial charge on any atom is -0.311 e. The van der Waals surface area contributed by atoms with Gasteiger partial charge < -0.3 is 4.90 Å². The molecule has 0 saturated heterocycles. The van der Waals surface area contributed by atoms with Crippen molar-refractivity contribution in [3.8, 4) is 0 Å². The van der Waals surface area contributed by atoms with Crippen molar-refractivity contribution < 1.29 is 17.5 Å². The van der Waals surface area contributed by atoms with Gasteiger partial charge in [-0.15, -0.1) is 0 Å². The summed E-state index contributed by atoms with van der Waals surface area (Å²) in [7, 11) is -3.91. The Labute approximate surface area is 201 Å². The lowest BCUT2D eigenvalue weighted by molar-refractivity contribution is -0.696. The largest absolute Gasteiger partial charge is 0.311 e. The van der Waals surface area contributed by atoms with Gasteiger partial charge in [-0.25, -0.2) is 4.57 Å². The molecule has 0 unspecified atom stereocenters. The zero-order valence-electron chi connectivity index (χ0n) is 18.7. The van der Waals surface area contributed by atoms with E-state index in [-0.39, 0.29) is 5.75 Å². The van der Waals surface area contributed by atoms with Crippen LogP contribution in [-0.2, 0) is 16.7 Å². The first kappa shape index (κ1) is 23.4. The van der Waals surface area contributed by atoms with Crippen LogP contribution in [-0.4, -0.2) is 18.7 Å². The van der Waals surface area contributed by atoms with E-state index >= 15 is 0 Å². The van der Waals surface area contributed by atoms with Gasteiger partial charge in [-0.2, -0.15) is 8.42 Å². The van der Waals surface area contributed by atoms with Crippen molar-refractivity contribution in [2.24, 2.45) is 0 Å². The van der Waals surface area contributed by atoms with E-state index in [1.54, 1.807) is 0 Å². The van der Waals surface area contributed by atoms with E-state index in [4.69, 9.17) is 4.55 Å². The molecule has 1 aromatic heterocycles. The number of aromatic nitrogens is 1. The highest BCUT2D eigenvalue weighted by Crippen LogP contribution is 2.34. The Bertz CT molecular complexity index is 1280. The van der Waals surface area contributed by atoms with Gasteiger partial charge in [0.2, 0.25) is 0 Å². The maximum atomic E-state index is 10.8. The van der Waals surface area contributed by atoms with Crippen LogP contribution in [0, 0.1) is 0 Å². The second-order valence-electron chi connectivity index (χ2n) is 7.94. The molecule has 34 heavy (non-hydrogen) atoms. The van der Waals surface area contributed by atoms with E-state index in [9.17, 15) is 8.42 Å². The van der Waals surface area contributed by atoms with Crippen LogP contribution in [0.1, 0.15) is 17.5 Å². The second kappa shape index (κ2) is 10.9. The molecule has 1 N–H and O–H groups in total. The number of nitrogens with zero attached hydrogens (tertiary/aromatic N) is 2. The van der Waals surface area contributed by atoms with Gasteiger partial charge in [0, 0.05) is 35.6 Å². The van der Waals surface area contributed by atoms with E-state index in [1.807, 2.05) is 71.6 Å². The number of hydrogen-bond donors (Lipinski definition) is 1. The van der Waals surface area contributed by atoms with Gasteiger partial charge in [0.15, 0.2) is 12.4 Å². The van der Waals surface area contributed by atoms with Crippen LogP contribution in [0.25, 0.3) is 12.2 Å². The molecule has 0 saturated carbocycles. The van der Waals surface area contributed by atoms with Gasteiger partial charge in [-0.1, -0.05) is 60.7 Å². The maximum absolute atomic E-state index is 10.8. The highest BCUT2D eigenvalue weighted by atomic mass is 32.2. The monoisotopic (exact) mass is 471 g/mol. The van der Waals surface area contributed by atoms with Gasteiger partial charge in [0.05, 0.1) is 5.75 Å². The Morgan fingerprint density at radius 3 is 1.65 bits per heavy atom. The molecule has 0 aliphatic heterocycles. The fourth-order valence-corrected chi connectivity index (χ4v) is 4.18. The molecule has 0 atom stereocenters. The molecule has 5 nitrogen and oxygen atoms in total. The molecule has 0 radical (unpaired) electrons. The van der Waals surface area contributed by atoms with Crippen molar-refractivity contribution >= 4 is 39.3 Å². The Morgan fingerprint density at radius 1 is 0.676 bits per heavy atom. The predicted octanol–water partition coefficient (Wildman–Crippen LogP) is 5.89. The predicted molar refractivity (Wildman–Crippen MR) is 138 cm³/mol. The number of aryl methyl sites for hydroxylation is 1. The summed E-state index contributed by atoms with van der Waals surface area (Å²) < 4.78 is 32.4. The Hall–Kier alpha value is -3.74. The summed E-state index contributed by atoms with van der Waals surface area (Å²) in [5.41, 5.74) is 5.43. The SMILES string of the molecule is O=S(=O)(O)CCC[n+]1ccc(/C=C/c2ccc(N(c3ccccc3)c3ccccc3)cc2)cc1. The molecule has 3 aromatic carbocycles. The van der Waals surface area contributed by atoms with Crippen molar-refractivity contribution in [3.63, 3.8) is 0 Å². The molecule has 0 bridgehead atoms. The minimum absolute atomic E-state index is 0.233. The molecule has 0 fully saturated rings. The van der Waals surface area contributed by atoms with Crippen LogP contribution in [0.3, 0.4) is 0 Å². The fraction of sp³-hybridized carbons (Fsp3) is 0.107. The van der Waals surface area contributed by atoms with E-state index in [0.29, 0.717) is 13.0 Å². The van der Waals surface area contributed by atoms with Gasteiger partial charge in [0.1, 0.15) is 6.54 Å². The van der Waals surface area contributed by atoms with Crippen molar-refractivity contribution in [2.45, 2.75) is 13.0 Å². The second-order valence-corrected chi connectivity index (χ2v) is 9.51. The normalized spacial score (nSPS) is 11.6. The van der Waals surface area contributed by atoms with E-state index in [1.165, 1.54) is 0 Å². The van der Waals surface area contributed by atoms with Crippen LogP contribution < -0.4 is 9.47 Å². The third-order valence-electron chi connectivity index (χ3n) is 5.38. The average molecular weight is 472 g/mol. The lowest BCUT2D eigenvalue weighted by atomic mass is 10.1. The molecular formula is C28H27N2O3S+. The summed E-state index contributed by atoms with van der Waals surface area (Å²) in [6.45, 7) is 0.532. The standard InChI is InChI=1S/C28H26N2O3S/c31-34(32,33)23-7-20-29-21-18-25(19-22-29)13-12-24-14-16-28(17-15-24)30(26-8-3-1-4-9-26)27-10-5-2-6-11-27/h1-6,8-19,21-22H,7,20,23H2/p+1. The van der Waals surface area contributed by atoms with Crippen molar-refractivity contribution in [1.29, 1.82) is 0 Å². The quantitative estimate of drug-likeness (QED) is 0.244. The van der Waals surface area contributed by atoms with E-state index < -0.39 is 10.1 Å². The molecule has 172 valence electrons. The molecule has 6 heteroatoms. The highest BCUT2D eigenvalue weighted by Gasteiger charge is 2.11. The van der Waals surface area contributed by atoms with Gasteiger partial charge in [-0.3, -0.25) is 4.55 Å². The number of pyridine rings is 1. The molecule has 0 spiro atoms. The van der Waals surface area contributed by atoms with Crippen molar-refractivity contribution in [3.05, 3.63) is 121 Å². The first-order chi connectivity index (χ1) is 16.5. The van der Waals surface area contributed by atoms with Crippen LogP contribution in [0.15, 0.2) is 109 Å². The summed E-state index contributed by atoms with van der Waals surface area (Å²) >= 11 is 0. The number of para-hydroxylation sites is 2. The molecule has 0 aliphatic rings. The third-order valence-corrected chi connectivity index (χ3v) is 6.19. The molecule has 1 heterocycles. The highest BCUT2D eigenvalue weighted by molar-refractivity contribution is 7.85. The van der Waals surface area contributed by atoms with Crippen LogP contribution in [0.4, 0.5) is 17.1 Å². The van der Waals surface area contributed by atoms with Crippen LogP contribution in [0.2, 0.25) is 0 Å². The number of anilines is 3. The number of rotatable bonds is 9.